The monoisotopic (exact) mass is 341 g/mol. The third-order valence-corrected chi connectivity index (χ3v) is 5.55. The number of benzene rings is 2. The van der Waals surface area contributed by atoms with E-state index in [2.05, 4.69) is 41.5 Å². The minimum absolute atomic E-state index is 0.251. The number of hydrogen-bond acceptors (Lipinski definition) is 4. The van der Waals surface area contributed by atoms with Gasteiger partial charge in [-0.05, 0) is 43.2 Å². The highest BCUT2D eigenvalue weighted by molar-refractivity contribution is 8.00. The van der Waals surface area contributed by atoms with Crippen LogP contribution in [-0.4, -0.2) is 30.0 Å². The summed E-state index contributed by atoms with van der Waals surface area (Å²) in [7, 11) is 0. The van der Waals surface area contributed by atoms with Crippen molar-refractivity contribution in [1.29, 1.82) is 0 Å². The molecule has 2 aromatic carbocycles. The minimum atomic E-state index is -0.251. The molecule has 0 saturated carbocycles. The maximum absolute atomic E-state index is 11.5. The molecule has 1 aliphatic heterocycles. The first-order chi connectivity index (χ1) is 11.7. The lowest BCUT2D eigenvalue weighted by Gasteiger charge is -2.34. The van der Waals surface area contributed by atoms with Crippen molar-refractivity contribution in [3.05, 3.63) is 65.2 Å². The van der Waals surface area contributed by atoms with E-state index in [1.165, 1.54) is 16.8 Å². The molecular formula is C19H23N3OS. The largest absolute Gasteiger partial charge is 0.370 e. The molecule has 1 amide bonds. The lowest BCUT2D eigenvalue weighted by molar-refractivity contribution is 0.0953. The second-order valence-electron chi connectivity index (χ2n) is 6.15. The van der Waals surface area contributed by atoms with Crippen molar-refractivity contribution < 1.29 is 4.79 Å². The molecule has 0 aliphatic carbocycles. The first kappa shape index (κ1) is 16.9. The van der Waals surface area contributed by atoms with Crippen molar-refractivity contribution in [2.24, 2.45) is 5.84 Å². The third-order valence-electron chi connectivity index (χ3n) is 4.35. The molecule has 1 atom stereocenters. The first-order valence-electron chi connectivity index (χ1n) is 8.19. The van der Waals surface area contributed by atoms with E-state index in [-0.39, 0.29) is 5.91 Å². The van der Waals surface area contributed by atoms with Crippen molar-refractivity contribution in [2.45, 2.75) is 18.6 Å². The maximum Gasteiger partial charge on any atom is 0.265 e. The SMILES string of the molecule is Cc1ccc(N2CCSC(Cc3ccc(C(=O)NN)cc3)C2)cc1. The summed E-state index contributed by atoms with van der Waals surface area (Å²) in [6.07, 6.45) is 1.01. The number of hydrazine groups is 1. The van der Waals surface area contributed by atoms with Crippen LogP contribution in [0.25, 0.3) is 0 Å². The molecule has 1 unspecified atom stereocenters. The molecule has 1 aliphatic rings. The Kier molecular flexibility index (Phi) is 5.43. The Morgan fingerprint density at radius 2 is 1.92 bits per heavy atom. The number of hydrogen-bond donors (Lipinski definition) is 2. The van der Waals surface area contributed by atoms with Crippen LogP contribution in [-0.2, 0) is 6.42 Å². The highest BCUT2D eigenvalue weighted by atomic mass is 32.2. The summed E-state index contributed by atoms with van der Waals surface area (Å²) in [6.45, 7) is 4.27. The van der Waals surface area contributed by atoms with Crippen LogP contribution in [0.3, 0.4) is 0 Å². The zero-order valence-corrected chi connectivity index (χ0v) is 14.7. The molecule has 1 fully saturated rings. The van der Waals surface area contributed by atoms with E-state index >= 15 is 0 Å². The van der Waals surface area contributed by atoms with Gasteiger partial charge in [-0.25, -0.2) is 5.84 Å². The average molecular weight is 341 g/mol. The fourth-order valence-corrected chi connectivity index (χ4v) is 4.23. The molecule has 3 N–H and O–H groups in total. The molecule has 3 rings (SSSR count). The molecular weight excluding hydrogens is 318 g/mol. The highest BCUT2D eigenvalue weighted by Gasteiger charge is 2.21. The molecule has 24 heavy (non-hydrogen) atoms. The van der Waals surface area contributed by atoms with Crippen LogP contribution in [0.2, 0.25) is 0 Å². The molecule has 0 spiro atoms. The Labute approximate surface area is 147 Å². The quantitative estimate of drug-likeness (QED) is 0.510. The molecule has 5 heteroatoms. The van der Waals surface area contributed by atoms with E-state index in [9.17, 15) is 4.79 Å². The van der Waals surface area contributed by atoms with E-state index in [4.69, 9.17) is 5.84 Å². The lowest BCUT2D eigenvalue weighted by atomic mass is 10.1. The minimum Gasteiger partial charge on any atom is -0.370 e. The standard InChI is InChI=1S/C19H23N3OS/c1-14-2-8-17(9-3-14)22-10-11-24-18(13-22)12-15-4-6-16(7-5-15)19(23)21-20/h2-9,18H,10-13,20H2,1H3,(H,21,23). The van der Waals surface area contributed by atoms with E-state index in [1.807, 2.05) is 36.0 Å². The predicted molar refractivity (Wildman–Crippen MR) is 101 cm³/mol. The van der Waals surface area contributed by atoms with Gasteiger partial charge in [0.25, 0.3) is 5.91 Å². The number of nitrogens with zero attached hydrogens (tertiary/aromatic N) is 1. The number of carbonyl (C=O) groups is 1. The van der Waals surface area contributed by atoms with Crippen molar-refractivity contribution in [3.63, 3.8) is 0 Å². The first-order valence-corrected chi connectivity index (χ1v) is 9.23. The van der Waals surface area contributed by atoms with Gasteiger partial charge in [-0.15, -0.1) is 0 Å². The summed E-state index contributed by atoms with van der Waals surface area (Å²) >= 11 is 2.03. The summed E-state index contributed by atoms with van der Waals surface area (Å²) in [6, 6.07) is 16.5. The molecule has 0 radical (unpaired) electrons. The van der Waals surface area contributed by atoms with Crippen molar-refractivity contribution >= 4 is 23.4 Å². The van der Waals surface area contributed by atoms with Crippen LogP contribution in [0, 0.1) is 6.92 Å². The number of anilines is 1. The van der Waals surface area contributed by atoms with Gasteiger partial charge >= 0.3 is 0 Å². The van der Waals surface area contributed by atoms with Gasteiger partial charge in [0.1, 0.15) is 0 Å². The Balaban J connectivity index is 1.63. The number of aryl methyl sites for hydroxylation is 1. The van der Waals surface area contributed by atoms with Gasteiger partial charge in [-0.1, -0.05) is 29.8 Å². The molecule has 0 aromatic heterocycles. The molecule has 126 valence electrons. The number of carbonyl (C=O) groups excluding carboxylic acids is 1. The number of nitrogen functional groups attached to an aromatic ring is 1. The van der Waals surface area contributed by atoms with Crippen molar-refractivity contribution in [2.75, 3.05) is 23.7 Å². The van der Waals surface area contributed by atoms with E-state index < -0.39 is 0 Å². The van der Waals surface area contributed by atoms with Gasteiger partial charge in [0.15, 0.2) is 0 Å². The molecule has 4 nitrogen and oxygen atoms in total. The van der Waals surface area contributed by atoms with E-state index in [0.29, 0.717) is 10.8 Å². The van der Waals surface area contributed by atoms with Gasteiger partial charge in [-0.2, -0.15) is 11.8 Å². The van der Waals surface area contributed by atoms with Gasteiger partial charge in [-0.3, -0.25) is 10.2 Å². The predicted octanol–water partition coefficient (Wildman–Crippen LogP) is 2.76. The number of nitrogens with two attached hydrogens (primary N) is 1. The zero-order chi connectivity index (χ0) is 16.9. The second-order valence-corrected chi connectivity index (χ2v) is 7.56. The lowest BCUT2D eigenvalue weighted by Crippen LogP contribution is -2.38. The fraction of sp³-hybridized carbons (Fsp3) is 0.316. The molecule has 1 saturated heterocycles. The van der Waals surface area contributed by atoms with Crippen LogP contribution >= 0.6 is 11.8 Å². The molecule has 0 bridgehead atoms. The van der Waals surface area contributed by atoms with Crippen molar-refractivity contribution in [3.8, 4) is 0 Å². The van der Waals surface area contributed by atoms with Crippen LogP contribution in [0.1, 0.15) is 21.5 Å². The number of thioether (sulfide) groups is 1. The van der Waals surface area contributed by atoms with Crippen LogP contribution < -0.4 is 16.2 Å². The molecule has 2 aromatic rings. The van der Waals surface area contributed by atoms with Crippen LogP contribution in [0.4, 0.5) is 5.69 Å². The summed E-state index contributed by atoms with van der Waals surface area (Å²) in [5.74, 6) is 6.06. The summed E-state index contributed by atoms with van der Waals surface area (Å²) < 4.78 is 0. The zero-order valence-electron chi connectivity index (χ0n) is 13.9. The van der Waals surface area contributed by atoms with E-state index in [1.54, 1.807) is 0 Å². The van der Waals surface area contributed by atoms with Gasteiger partial charge in [0.05, 0.1) is 0 Å². The molecule has 1 heterocycles. The number of nitrogens with one attached hydrogen (secondary N) is 1. The topological polar surface area (TPSA) is 58.4 Å². The summed E-state index contributed by atoms with van der Waals surface area (Å²) in [5, 5.41) is 0.564. The van der Waals surface area contributed by atoms with Gasteiger partial charge in [0.2, 0.25) is 0 Å². The fourth-order valence-electron chi connectivity index (χ4n) is 2.97. The second kappa shape index (κ2) is 7.73. The van der Waals surface area contributed by atoms with Crippen LogP contribution in [0.15, 0.2) is 48.5 Å². The Hall–Kier alpha value is -1.98. The Morgan fingerprint density at radius 1 is 1.21 bits per heavy atom. The van der Waals surface area contributed by atoms with Crippen molar-refractivity contribution in [1.82, 2.24) is 5.43 Å². The maximum atomic E-state index is 11.5. The Morgan fingerprint density at radius 3 is 2.58 bits per heavy atom. The third kappa shape index (κ3) is 4.10. The van der Waals surface area contributed by atoms with Crippen LogP contribution in [0.5, 0.6) is 0 Å². The smallest absolute Gasteiger partial charge is 0.265 e. The number of rotatable bonds is 4. The average Bonchev–Trinajstić information content (AvgIpc) is 2.62. The summed E-state index contributed by atoms with van der Waals surface area (Å²) in [5.41, 5.74) is 6.61. The summed E-state index contributed by atoms with van der Waals surface area (Å²) in [4.78, 5) is 14.0. The Bertz CT molecular complexity index is 685. The highest BCUT2D eigenvalue weighted by Crippen LogP contribution is 2.26. The van der Waals surface area contributed by atoms with E-state index in [0.717, 1.165) is 25.3 Å². The van der Waals surface area contributed by atoms with Gasteiger partial charge < -0.3 is 4.90 Å². The normalized spacial score (nSPS) is 17.6. The number of amides is 1. The van der Waals surface area contributed by atoms with Gasteiger partial charge in [0, 0.05) is 35.3 Å².